The third-order valence-electron chi connectivity index (χ3n) is 5.17. The number of carbonyl (C=O) groups excluding carboxylic acids is 1. The Morgan fingerprint density at radius 1 is 1.26 bits per heavy atom. The average Bonchev–Trinajstić information content (AvgIpc) is 3.08. The molecule has 2 heterocycles. The van der Waals surface area contributed by atoms with E-state index in [1.807, 2.05) is 11.1 Å². The van der Waals surface area contributed by atoms with Gasteiger partial charge in [-0.1, -0.05) is 44.2 Å². The van der Waals surface area contributed by atoms with Crippen LogP contribution in [0.5, 0.6) is 0 Å². The average molecular weight is 362 g/mol. The van der Waals surface area contributed by atoms with E-state index in [9.17, 15) is 4.79 Å². The summed E-state index contributed by atoms with van der Waals surface area (Å²) in [6.07, 6.45) is 6.74. The summed E-state index contributed by atoms with van der Waals surface area (Å²) >= 11 is 0. The lowest BCUT2D eigenvalue weighted by atomic mass is 10.1. The molecule has 1 aliphatic carbocycles. The molecule has 5 nitrogen and oxygen atoms in total. The molecule has 0 atom stereocenters. The minimum Gasteiger partial charge on any atom is -0.334 e. The number of nitrogens with zero attached hydrogens (tertiary/aromatic N) is 3. The van der Waals surface area contributed by atoms with Crippen molar-refractivity contribution in [1.29, 1.82) is 0 Å². The molecule has 0 spiro atoms. The Labute approximate surface area is 160 Å². The fraction of sp³-hybridized carbons (Fsp3) is 0.409. The first-order valence-electron chi connectivity index (χ1n) is 9.72. The third kappa shape index (κ3) is 4.02. The molecule has 140 valence electrons. The highest BCUT2D eigenvalue weighted by atomic mass is 16.2. The van der Waals surface area contributed by atoms with E-state index in [0.717, 1.165) is 30.8 Å². The first kappa shape index (κ1) is 17.7. The minimum atomic E-state index is -0.0125. The summed E-state index contributed by atoms with van der Waals surface area (Å²) in [5, 5.41) is 3.08. The Morgan fingerprint density at radius 2 is 2.11 bits per heavy atom. The molecule has 1 aromatic carbocycles. The standard InChI is InChI=1S/C22H26N4O/c1-15(2)9-21-23-13-19-7-8-26(14-20(19)25-21)22(27)24-12-16-10-17-5-3-4-6-18(17)11-16/h3-6,10,13,15H,7-9,11-12,14H2,1-2H3,(H,24,27). The highest BCUT2D eigenvalue weighted by molar-refractivity contribution is 5.75. The SMILES string of the molecule is CC(C)Cc1ncc2c(n1)CN(C(=O)NCC1=Cc3ccccc3C1)CC2. The van der Waals surface area contributed by atoms with Crippen LogP contribution < -0.4 is 5.32 Å². The number of benzene rings is 1. The van der Waals surface area contributed by atoms with E-state index in [2.05, 4.69) is 54.5 Å². The van der Waals surface area contributed by atoms with Gasteiger partial charge in [0.25, 0.3) is 0 Å². The summed E-state index contributed by atoms with van der Waals surface area (Å²) in [5.41, 5.74) is 6.02. The van der Waals surface area contributed by atoms with Gasteiger partial charge in [0.05, 0.1) is 12.2 Å². The van der Waals surface area contributed by atoms with E-state index in [1.165, 1.54) is 22.3 Å². The third-order valence-corrected chi connectivity index (χ3v) is 5.17. The molecule has 2 aromatic rings. The van der Waals surface area contributed by atoms with Crippen LogP contribution in [0, 0.1) is 5.92 Å². The monoisotopic (exact) mass is 362 g/mol. The van der Waals surface area contributed by atoms with E-state index in [-0.39, 0.29) is 6.03 Å². The van der Waals surface area contributed by atoms with Crippen molar-refractivity contribution >= 4 is 12.1 Å². The van der Waals surface area contributed by atoms with E-state index in [4.69, 9.17) is 4.98 Å². The van der Waals surface area contributed by atoms with Crippen LogP contribution in [0.15, 0.2) is 36.0 Å². The summed E-state index contributed by atoms with van der Waals surface area (Å²) in [7, 11) is 0. The lowest BCUT2D eigenvalue weighted by Crippen LogP contribution is -2.43. The number of hydrogen-bond donors (Lipinski definition) is 1. The lowest BCUT2D eigenvalue weighted by Gasteiger charge is -2.28. The van der Waals surface area contributed by atoms with Crippen molar-refractivity contribution in [3.05, 3.63) is 64.2 Å². The molecule has 1 aliphatic heterocycles. The number of fused-ring (bicyclic) bond motifs is 2. The van der Waals surface area contributed by atoms with Crippen LogP contribution in [-0.2, 0) is 25.8 Å². The van der Waals surface area contributed by atoms with Crippen LogP contribution >= 0.6 is 0 Å². The predicted octanol–water partition coefficient (Wildman–Crippen LogP) is 3.38. The summed E-state index contributed by atoms with van der Waals surface area (Å²) in [6.45, 7) is 6.20. The van der Waals surface area contributed by atoms with Gasteiger partial charge in [-0.2, -0.15) is 0 Å². The molecule has 0 unspecified atom stereocenters. The van der Waals surface area contributed by atoms with Crippen molar-refractivity contribution in [2.24, 2.45) is 5.92 Å². The van der Waals surface area contributed by atoms with Gasteiger partial charge >= 0.3 is 6.03 Å². The highest BCUT2D eigenvalue weighted by Crippen LogP contribution is 2.24. The number of amides is 2. The molecule has 1 aromatic heterocycles. The fourth-order valence-corrected chi connectivity index (χ4v) is 3.75. The van der Waals surface area contributed by atoms with Crippen molar-refractivity contribution in [1.82, 2.24) is 20.2 Å². The quantitative estimate of drug-likeness (QED) is 0.907. The molecule has 0 radical (unpaired) electrons. The Balaban J connectivity index is 1.35. The minimum absolute atomic E-state index is 0.0125. The lowest BCUT2D eigenvalue weighted by molar-refractivity contribution is 0.192. The van der Waals surface area contributed by atoms with Gasteiger partial charge in [0.15, 0.2) is 0 Å². The Morgan fingerprint density at radius 3 is 2.93 bits per heavy atom. The second kappa shape index (κ2) is 7.51. The van der Waals surface area contributed by atoms with Crippen LogP contribution in [0.4, 0.5) is 4.79 Å². The maximum absolute atomic E-state index is 12.6. The molecular weight excluding hydrogens is 336 g/mol. The van der Waals surface area contributed by atoms with Gasteiger partial charge in [0, 0.05) is 25.7 Å². The van der Waals surface area contributed by atoms with Gasteiger partial charge in [-0.15, -0.1) is 0 Å². The zero-order valence-electron chi connectivity index (χ0n) is 16.0. The van der Waals surface area contributed by atoms with Crippen LogP contribution in [0.2, 0.25) is 0 Å². The van der Waals surface area contributed by atoms with Gasteiger partial charge < -0.3 is 10.2 Å². The first-order valence-corrected chi connectivity index (χ1v) is 9.72. The van der Waals surface area contributed by atoms with Gasteiger partial charge in [0.1, 0.15) is 5.82 Å². The van der Waals surface area contributed by atoms with Crippen molar-refractivity contribution in [3.8, 4) is 0 Å². The van der Waals surface area contributed by atoms with Crippen molar-refractivity contribution in [3.63, 3.8) is 0 Å². The molecule has 0 saturated heterocycles. The van der Waals surface area contributed by atoms with E-state index in [1.54, 1.807) is 0 Å². The van der Waals surface area contributed by atoms with Crippen LogP contribution in [-0.4, -0.2) is 34.0 Å². The second-order valence-corrected chi connectivity index (χ2v) is 7.86. The molecule has 1 N–H and O–H groups in total. The van der Waals surface area contributed by atoms with Crippen LogP contribution in [0.3, 0.4) is 0 Å². The highest BCUT2D eigenvalue weighted by Gasteiger charge is 2.23. The van der Waals surface area contributed by atoms with Gasteiger partial charge in [0.2, 0.25) is 0 Å². The zero-order chi connectivity index (χ0) is 18.8. The van der Waals surface area contributed by atoms with Crippen LogP contribution in [0.25, 0.3) is 6.08 Å². The van der Waals surface area contributed by atoms with E-state index >= 15 is 0 Å². The molecule has 0 bridgehead atoms. The molecule has 4 rings (SSSR count). The Bertz CT molecular complexity index is 888. The summed E-state index contributed by atoms with van der Waals surface area (Å²) in [5.74, 6) is 1.40. The summed E-state index contributed by atoms with van der Waals surface area (Å²) in [6, 6.07) is 8.38. The first-order chi connectivity index (χ1) is 13.1. The molecule has 27 heavy (non-hydrogen) atoms. The van der Waals surface area contributed by atoms with Gasteiger partial charge in [-0.25, -0.2) is 14.8 Å². The predicted molar refractivity (Wildman–Crippen MR) is 106 cm³/mol. The normalized spacial score (nSPS) is 15.4. The topological polar surface area (TPSA) is 58.1 Å². The number of hydrogen-bond acceptors (Lipinski definition) is 3. The number of carbonyl (C=O) groups is 1. The summed E-state index contributed by atoms with van der Waals surface area (Å²) in [4.78, 5) is 23.7. The molecule has 0 fully saturated rings. The van der Waals surface area contributed by atoms with Crippen molar-refractivity contribution < 1.29 is 4.79 Å². The maximum Gasteiger partial charge on any atom is 0.318 e. The Kier molecular flexibility index (Phi) is 4.92. The molecule has 2 aliphatic rings. The molecule has 0 saturated carbocycles. The summed E-state index contributed by atoms with van der Waals surface area (Å²) < 4.78 is 0. The van der Waals surface area contributed by atoms with Gasteiger partial charge in [-0.3, -0.25) is 0 Å². The number of urea groups is 1. The van der Waals surface area contributed by atoms with E-state index in [0.29, 0.717) is 25.6 Å². The van der Waals surface area contributed by atoms with Gasteiger partial charge in [-0.05, 0) is 41.0 Å². The molecule has 5 heteroatoms. The number of rotatable bonds is 4. The zero-order valence-corrected chi connectivity index (χ0v) is 16.0. The largest absolute Gasteiger partial charge is 0.334 e. The number of aromatic nitrogens is 2. The maximum atomic E-state index is 12.6. The number of nitrogens with one attached hydrogen (secondary N) is 1. The molecular formula is C22H26N4O. The van der Waals surface area contributed by atoms with Crippen molar-refractivity contribution in [2.45, 2.75) is 39.7 Å². The smallest absolute Gasteiger partial charge is 0.318 e. The second-order valence-electron chi connectivity index (χ2n) is 7.86. The Hall–Kier alpha value is -2.69. The van der Waals surface area contributed by atoms with Crippen LogP contribution in [0.1, 0.15) is 42.1 Å². The van der Waals surface area contributed by atoms with E-state index < -0.39 is 0 Å². The molecule has 2 amide bonds. The fourth-order valence-electron chi connectivity index (χ4n) is 3.75. The van der Waals surface area contributed by atoms with Crippen molar-refractivity contribution in [2.75, 3.05) is 13.1 Å².